The fraction of sp³-hybridized carbons (Fsp3) is 0.550. The first-order valence-electron chi connectivity index (χ1n) is 9.37. The van der Waals surface area contributed by atoms with Gasteiger partial charge in [-0.2, -0.15) is 0 Å². The molecule has 1 saturated heterocycles. The summed E-state index contributed by atoms with van der Waals surface area (Å²) in [6, 6.07) is 5.65. The summed E-state index contributed by atoms with van der Waals surface area (Å²) in [6.07, 6.45) is 3.57. The van der Waals surface area contributed by atoms with Gasteiger partial charge in [0.15, 0.2) is 0 Å². The Hall–Kier alpha value is -2.57. The van der Waals surface area contributed by atoms with Crippen molar-refractivity contribution in [3.63, 3.8) is 0 Å². The van der Waals surface area contributed by atoms with Gasteiger partial charge in [0.05, 0.1) is 18.7 Å². The van der Waals surface area contributed by atoms with Gasteiger partial charge < -0.3 is 20.1 Å². The molecule has 1 fully saturated rings. The second kappa shape index (κ2) is 9.94. The summed E-state index contributed by atoms with van der Waals surface area (Å²) in [7, 11) is 1.56. The number of nitrogens with zero attached hydrogens (tertiary/aromatic N) is 1. The van der Waals surface area contributed by atoms with E-state index in [2.05, 4.69) is 5.32 Å². The SMILES string of the molecule is COc1ccc(C)cc1N1CC(C(=O)NCCCCCCC(=O)O)CC1=O. The summed E-state index contributed by atoms with van der Waals surface area (Å²) in [5, 5.41) is 11.5. The average molecular weight is 376 g/mol. The fourth-order valence-electron chi connectivity index (χ4n) is 3.24. The molecule has 0 aliphatic carbocycles. The van der Waals surface area contributed by atoms with E-state index in [-0.39, 0.29) is 30.6 Å². The Bertz CT molecular complexity index is 689. The maximum Gasteiger partial charge on any atom is 0.303 e. The van der Waals surface area contributed by atoms with Crippen LogP contribution in [0.1, 0.15) is 44.1 Å². The molecular weight excluding hydrogens is 348 g/mol. The molecule has 0 aromatic heterocycles. The van der Waals surface area contributed by atoms with Crippen LogP contribution in [-0.2, 0) is 14.4 Å². The molecule has 1 aromatic rings. The Kier molecular flexibility index (Phi) is 7.64. The van der Waals surface area contributed by atoms with Crippen molar-refractivity contribution in [1.29, 1.82) is 0 Å². The molecule has 1 unspecified atom stereocenters. The maximum atomic E-state index is 12.4. The summed E-state index contributed by atoms with van der Waals surface area (Å²) in [5.74, 6) is -0.703. The summed E-state index contributed by atoms with van der Waals surface area (Å²) >= 11 is 0. The highest BCUT2D eigenvalue weighted by Gasteiger charge is 2.36. The number of carboxylic acid groups (broad SMARTS) is 1. The number of nitrogens with one attached hydrogen (secondary N) is 1. The fourth-order valence-corrected chi connectivity index (χ4v) is 3.24. The number of aryl methyl sites for hydroxylation is 1. The van der Waals surface area contributed by atoms with Crippen LogP contribution in [-0.4, -0.2) is 43.1 Å². The Labute approximate surface area is 159 Å². The van der Waals surface area contributed by atoms with Gasteiger partial charge in [0, 0.05) is 25.9 Å². The number of rotatable bonds is 10. The topological polar surface area (TPSA) is 95.9 Å². The number of carbonyl (C=O) groups is 3. The molecule has 2 N–H and O–H groups in total. The van der Waals surface area contributed by atoms with Crippen molar-refractivity contribution >= 4 is 23.5 Å². The van der Waals surface area contributed by atoms with E-state index in [1.54, 1.807) is 12.0 Å². The molecule has 2 rings (SSSR count). The quantitative estimate of drug-likeness (QED) is 0.612. The van der Waals surface area contributed by atoms with Crippen LogP contribution in [0.2, 0.25) is 0 Å². The van der Waals surface area contributed by atoms with Gasteiger partial charge in [-0.05, 0) is 37.5 Å². The van der Waals surface area contributed by atoms with Crippen molar-refractivity contribution in [3.8, 4) is 5.75 Å². The van der Waals surface area contributed by atoms with Crippen LogP contribution < -0.4 is 15.0 Å². The zero-order chi connectivity index (χ0) is 19.8. The van der Waals surface area contributed by atoms with Gasteiger partial charge in [-0.1, -0.05) is 18.9 Å². The highest BCUT2D eigenvalue weighted by Crippen LogP contribution is 2.33. The lowest BCUT2D eigenvalue weighted by Gasteiger charge is -2.20. The molecule has 1 aliphatic heterocycles. The molecule has 0 spiro atoms. The van der Waals surface area contributed by atoms with E-state index in [0.29, 0.717) is 30.9 Å². The number of methoxy groups -OCH3 is 1. The zero-order valence-electron chi connectivity index (χ0n) is 16.0. The van der Waals surface area contributed by atoms with Gasteiger partial charge in [0.1, 0.15) is 5.75 Å². The Balaban J connectivity index is 1.80. The van der Waals surface area contributed by atoms with Crippen molar-refractivity contribution in [1.82, 2.24) is 5.32 Å². The predicted octanol–water partition coefficient (Wildman–Crippen LogP) is 2.51. The maximum absolute atomic E-state index is 12.4. The average Bonchev–Trinajstić information content (AvgIpc) is 3.02. The van der Waals surface area contributed by atoms with Gasteiger partial charge in [-0.15, -0.1) is 0 Å². The van der Waals surface area contributed by atoms with Gasteiger partial charge in [-0.3, -0.25) is 14.4 Å². The van der Waals surface area contributed by atoms with Crippen molar-refractivity contribution in [2.45, 2.75) is 45.4 Å². The molecule has 7 heteroatoms. The Morgan fingerprint density at radius 1 is 1.26 bits per heavy atom. The van der Waals surface area contributed by atoms with Crippen LogP contribution in [0.15, 0.2) is 18.2 Å². The standard InChI is InChI=1S/C20H28N2O5/c1-14-8-9-17(27-2)16(11-14)22-13-15(12-18(22)23)20(26)21-10-6-4-3-5-7-19(24)25/h8-9,11,15H,3-7,10,12-13H2,1-2H3,(H,21,26)(H,24,25). The molecule has 2 amide bonds. The number of ether oxygens (including phenoxy) is 1. The van der Waals surface area contributed by atoms with Crippen LogP contribution in [0.4, 0.5) is 5.69 Å². The van der Waals surface area contributed by atoms with E-state index in [9.17, 15) is 14.4 Å². The number of benzene rings is 1. The molecule has 0 radical (unpaired) electrons. The van der Waals surface area contributed by atoms with Gasteiger partial charge in [0.25, 0.3) is 0 Å². The number of carbonyl (C=O) groups excluding carboxylic acids is 2. The molecule has 1 atom stereocenters. The van der Waals surface area contributed by atoms with E-state index in [1.165, 1.54) is 0 Å². The van der Waals surface area contributed by atoms with Crippen LogP contribution in [0.3, 0.4) is 0 Å². The minimum atomic E-state index is -0.774. The van der Waals surface area contributed by atoms with E-state index < -0.39 is 5.97 Å². The van der Waals surface area contributed by atoms with Crippen molar-refractivity contribution in [2.24, 2.45) is 5.92 Å². The van der Waals surface area contributed by atoms with Crippen molar-refractivity contribution < 1.29 is 24.2 Å². The van der Waals surface area contributed by atoms with E-state index >= 15 is 0 Å². The summed E-state index contributed by atoms with van der Waals surface area (Å²) < 4.78 is 5.35. The van der Waals surface area contributed by atoms with Crippen LogP contribution in [0.25, 0.3) is 0 Å². The minimum absolute atomic E-state index is 0.0762. The first-order valence-corrected chi connectivity index (χ1v) is 9.37. The highest BCUT2D eigenvalue weighted by atomic mass is 16.5. The Morgan fingerprint density at radius 2 is 2.00 bits per heavy atom. The summed E-state index contributed by atoms with van der Waals surface area (Å²) in [4.78, 5) is 36.9. The normalized spacial score (nSPS) is 16.4. The third-order valence-corrected chi connectivity index (χ3v) is 4.74. The predicted molar refractivity (Wildman–Crippen MR) is 102 cm³/mol. The number of amides is 2. The lowest BCUT2D eigenvalue weighted by Crippen LogP contribution is -2.33. The lowest BCUT2D eigenvalue weighted by atomic mass is 10.1. The number of unbranched alkanes of at least 4 members (excludes halogenated alkanes) is 3. The molecule has 27 heavy (non-hydrogen) atoms. The number of hydrogen-bond donors (Lipinski definition) is 2. The lowest BCUT2D eigenvalue weighted by molar-refractivity contribution is -0.137. The number of hydrogen-bond acceptors (Lipinski definition) is 4. The molecule has 148 valence electrons. The molecule has 7 nitrogen and oxygen atoms in total. The largest absolute Gasteiger partial charge is 0.495 e. The third-order valence-electron chi connectivity index (χ3n) is 4.74. The van der Waals surface area contributed by atoms with Crippen molar-refractivity contribution in [3.05, 3.63) is 23.8 Å². The molecule has 0 bridgehead atoms. The smallest absolute Gasteiger partial charge is 0.303 e. The summed E-state index contributed by atoms with van der Waals surface area (Å²) in [5.41, 5.74) is 1.73. The minimum Gasteiger partial charge on any atom is -0.495 e. The highest BCUT2D eigenvalue weighted by molar-refractivity contribution is 6.01. The van der Waals surface area contributed by atoms with Crippen molar-refractivity contribution in [2.75, 3.05) is 25.1 Å². The second-order valence-corrected chi connectivity index (χ2v) is 6.93. The molecule has 0 saturated carbocycles. The van der Waals surface area contributed by atoms with Gasteiger partial charge in [-0.25, -0.2) is 0 Å². The first kappa shape index (κ1) is 20.7. The van der Waals surface area contributed by atoms with Crippen LogP contribution in [0, 0.1) is 12.8 Å². The number of anilines is 1. The van der Waals surface area contributed by atoms with Gasteiger partial charge >= 0.3 is 5.97 Å². The monoisotopic (exact) mass is 376 g/mol. The van der Waals surface area contributed by atoms with E-state index in [0.717, 1.165) is 24.8 Å². The van der Waals surface area contributed by atoms with E-state index in [4.69, 9.17) is 9.84 Å². The molecular formula is C20H28N2O5. The molecule has 1 aliphatic rings. The van der Waals surface area contributed by atoms with Gasteiger partial charge in [0.2, 0.25) is 11.8 Å². The third kappa shape index (κ3) is 5.98. The molecule has 1 aromatic carbocycles. The van der Waals surface area contributed by atoms with Crippen LogP contribution in [0.5, 0.6) is 5.75 Å². The second-order valence-electron chi connectivity index (χ2n) is 6.93. The summed E-state index contributed by atoms with van der Waals surface area (Å²) in [6.45, 7) is 2.84. The number of aliphatic carboxylic acids is 1. The zero-order valence-corrected chi connectivity index (χ0v) is 16.0. The van der Waals surface area contributed by atoms with E-state index in [1.807, 2.05) is 25.1 Å². The first-order chi connectivity index (χ1) is 12.9. The Morgan fingerprint density at radius 3 is 2.70 bits per heavy atom. The van der Waals surface area contributed by atoms with Crippen LogP contribution >= 0.6 is 0 Å². The molecule has 1 heterocycles. The number of carboxylic acids is 1.